The fourth-order valence-corrected chi connectivity index (χ4v) is 4.05. The Bertz CT molecular complexity index is 1460. The van der Waals surface area contributed by atoms with Crippen LogP contribution in [0.4, 0.5) is 4.79 Å². The molecule has 3 N–H and O–H groups in total. The summed E-state index contributed by atoms with van der Waals surface area (Å²) in [6.07, 6.45) is -0.694. The third-order valence-electron chi connectivity index (χ3n) is 5.10. The van der Waals surface area contributed by atoms with Crippen LogP contribution in [0, 0.1) is 18.3 Å². The molecule has 1 atom stereocenters. The summed E-state index contributed by atoms with van der Waals surface area (Å²) in [5, 5.41) is 9.96. The second-order valence-corrected chi connectivity index (χ2v) is 9.29. The minimum absolute atomic E-state index is 0. The number of amides is 1. The Morgan fingerprint density at radius 3 is 2.53 bits per heavy atom. The molecule has 0 aliphatic heterocycles. The number of nitrogens with zero attached hydrogens (tertiary/aromatic N) is 2. The number of nitriles is 1. The van der Waals surface area contributed by atoms with Crippen molar-refractivity contribution in [2.24, 2.45) is 5.73 Å². The number of hydrogen-bond donors (Lipinski definition) is 2. The molecule has 174 valence electrons. The monoisotopic (exact) mass is 494 g/mol. The first-order valence-corrected chi connectivity index (χ1v) is 11.2. The molecular weight excluding hydrogens is 471 g/mol. The quantitative estimate of drug-likeness (QED) is 0.398. The van der Waals surface area contributed by atoms with E-state index in [0.717, 1.165) is 0 Å². The first kappa shape index (κ1) is 27.5. The van der Waals surface area contributed by atoms with Crippen molar-refractivity contribution in [1.82, 2.24) is 9.62 Å². The number of rotatable bonds is 5. The van der Waals surface area contributed by atoms with Gasteiger partial charge in [0.25, 0.3) is 0 Å². The number of benzene rings is 2. The Morgan fingerprint density at radius 1 is 1.26 bits per heavy atom. The molecule has 0 saturated heterocycles. The molecule has 3 rings (SSSR count). The second-order valence-electron chi connectivity index (χ2n) is 7.40. The van der Waals surface area contributed by atoms with Crippen LogP contribution in [0.15, 0.2) is 50.5 Å². The van der Waals surface area contributed by atoms with Crippen LogP contribution in [0.2, 0.25) is 0 Å². The van der Waals surface area contributed by atoms with E-state index in [0.29, 0.717) is 16.5 Å². The zero-order valence-corrected chi connectivity index (χ0v) is 19.2. The van der Waals surface area contributed by atoms with Crippen molar-refractivity contribution < 1.29 is 22.4 Å². The van der Waals surface area contributed by atoms with E-state index in [1.54, 1.807) is 13.0 Å². The predicted octanol–water partition coefficient (Wildman–Crippen LogP) is 1.34. The fourth-order valence-electron chi connectivity index (χ4n) is 3.27. The van der Waals surface area contributed by atoms with Gasteiger partial charge in [-0.05, 0) is 43.3 Å². The number of sulfonamides is 1. The molecule has 0 fully saturated rings. The standard InChI is InChI=1S/C22H22N4O6S.Na.H/c1-12-16-9-14(11-23)17(32-22(28)26(3)4)10-18(16)31-21(27)19(12)20(24)13-6-5-7-15(8-13)33(29,30)25-2;;/h5-10,20,25H,24H2,1-4H3;;. The number of fused-ring (bicyclic) bond motifs is 1. The van der Waals surface area contributed by atoms with Gasteiger partial charge in [0, 0.05) is 25.5 Å². The summed E-state index contributed by atoms with van der Waals surface area (Å²) in [5.74, 6) is -0.0479. The molecule has 3 aromatic rings. The average Bonchev–Trinajstić information content (AvgIpc) is 2.78. The summed E-state index contributed by atoms with van der Waals surface area (Å²) in [7, 11) is 0.564. The number of nitrogens with one attached hydrogen (secondary N) is 1. The first-order valence-electron chi connectivity index (χ1n) is 9.69. The van der Waals surface area contributed by atoms with E-state index in [1.807, 2.05) is 6.07 Å². The zero-order chi connectivity index (χ0) is 24.5. The van der Waals surface area contributed by atoms with Gasteiger partial charge in [0.1, 0.15) is 11.7 Å². The van der Waals surface area contributed by atoms with E-state index in [2.05, 4.69) is 4.72 Å². The number of carbonyl (C=O) groups excluding carboxylic acids is 1. The second kappa shape index (κ2) is 10.7. The third kappa shape index (κ3) is 5.33. The third-order valence-corrected chi connectivity index (χ3v) is 6.51. The molecule has 1 unspecified atom stereocenters. The summed E-state index contributed by atoms with van der Waals surface area (Å²) >= 11 is 0. The van der Waals surface area contributed by atoms with E-state index >= 15 is 0 Å². The molecule has 1 heterocycles. The first-order chi connectivity index (χ1) is 15.5. The van der Waals surface area contributed by atoms with Gasteiger partial charge in [0.2, 0.25) is 10.0 Å². The van der Waals surface area contributed by atoms with Gasteiger partial charge < -0.3 is 19.8 Å². The maximum atomic E-state index is 12.8. The molecule has 0 saturated carbocycles. The molecule has 2 aromatic carbocycles. The van der Waals surface area contributed by atoms with Crippen LogP contribution < -0.4 is 20.8 Å². The predicted molar refractivity (Wildman–Crippen MR) is 128 cm³/mol. The van der Waals surface area contributed by atoms with Gasteiger partial charge in [-0.1, -0.05) is 12.1 Å². The zero-order valence-electron chi connectivity index (χ0n) is 18.4. The fraction of sp³-hybridized carbons (Fsp3) is 0.227. The molecule has 0 bridgehead atoms. The summed E-state index contributed by atoms with van der Waals surface area (Å²) in [6.45, 7) is 1.65. The van der Waals surface area contributed by atoms with Crippen LogP contribution in [-0.4, -0.2) is 70.1 Å². The summed E-state index contributed by atoms with van der Waals surface area (Å²) in [4.78, 5) is 25.9. The maximum absolute atomic E-state index is 12.8. The number of carbonyl (C=O) groups is 1. The number of ether oxygens (including phenoxy) is 1. The van der Waals surface area contributed by atoms with Crippen molar-refractivity contribution in [3.8, 4) is 11.8 Å². The van der Waals surface area contributed by atoms with Gasteiger partial charge in [-0.25, -0.2) is 22.7 Å². The molecule has 1 aromatic heterocycles. The van der Waals surface area contributed by atoms with Gasteiger partial charge in [-0.15, -0.1) is 0 Å². The van der Waals surface area contributed by atoms with Gasteiger partial charge in [0.05, 0.1) is 22.1 Å². The Morgan fingerprint density at radius 2 is 1.94 bits per heavy atom. The van der Waals surface area contributed by atoms with E-state index in [9.17, 15) is 23.3 Å². The molecule has 0 spiro atoms. The van der Waals surface area contributed by atoms with E-state index in [-0.39, 0.29) is 56.9 Å². The Balaban J connectivity index is 0.00000408. The van der Waals surface area contributed by atoms with Crippen molar-refractivity contribution in [3.63, 3.8) is 0 Å². The van der Waals surface area contributed by atoms with Crippen LogP contribution in [0.3, 0.4) is 0 Å². The van der Waals surface area contributed by atoms with Crippen molar-refractivity contribution in [2.75, 3.05) is 21.1 Å². The van der Waals surface area contributed by atoms with E-state index < -0.39 is 27.8 Å². The number of hydrogen-bond acceptors (Lipinski definition) is 8. The molecule has 34 heavy (non-hydrogen) atoms. The number of nitrogens with two attached hydrogens (primary N) is 1. The molecule has 12 heteroatoms. The van der Waals surface area contributed by atoms with Gasteiger partial charge in [-0.2, -0.15) is 5.26 Å². The number of aryl methyl sites for hydroxylation is 1. The van der Waals surface area contributed by atoms with Crippen LogP contribution in [0.1, 0.15) is 28.3 Å². The van der Waals surface area contributed by atoms with E-state index in [1.165, 1.54) is 56.4 Å². The molecule has 0 radical (unpaired) electrons. The summed E-state index contributed by atoms with van der Waals surface area (Å²) in [5.41, 5.74) is 6.75. The molecule has 0 aliphatic carbocycles. The molecular formula is C22H23N4NaO6S. The van der Waals surface area contributed by atoms with Crippen LogP contribution in [0.25, 0.3) is 11.0 Å². The van der Waals surface area contributed by atoms with Crippen molar-refractivity contribution in [2.45, 2.75) is 17.9 Å². The molecule has 0 aliphatic rings. The summed E-state index contributed by atoms with van der Waals surface area (Å²) < 4.78 is 37.2. The summed E-state index contributed by atoms with van der Waals surface area (Å²) in [6, 6.07) is 9.64. The Hall–Kier alpha value is -2.72. The Kier molecular flexibility index (Phi) is 8.65. The molecule has 1 amide bonds. The van der Waals surface area contributed by atoms with Crippen LogP contribution >= 0.6 is 0 Å². The normalized spacial score (nSPS) is 11.9. The van der Waals surface area contributed by atoms with Crippen molar-refractivity contribution >= 4 is 56.6 Å². The van der Waals surface area contributed by atoms with Gasteiger partial charge in [0.15, 0.2) is 5.75 Å². The van der Waals surface area contributed by atoms with Crippen LogP contribution in [0.5, 0.6) is 5.75 Å². The molecule has 10 nitrogen and oxygen atoms in total. The van der Waals surface area contributed by atoms with E-state index in [4.69, 9.17) is 14.9 Å². The van der Waals surface area contributed by atoms with Crippen molar-refractivity contribution in [1.29, 1.82) is 5.26 Å². The minimum atomic E-state index is -3.71. The SMILES string of the molecule is CNS(=O)(=O)c1cccc(C(N)c2c(C)c3cc(C#N)c(OC(=O)N(C)C)cc3oc2=O)c1.[NaH]. The topological polar surface area (TPSA) is 156 Å². The van der Waals surface area contributed by atoms with Gasteiger partial charge >= 0.3 is 41.3 Å². The Labute approximate surface area is 218 Å². The van der Waals surface area contributed by atoms with Gasteiger partial charge in [-0.3, -0.25) is 0 Å². The van der Waals surface area contributed by atoms with Crippen LogP contribution in [-0.2, 0) is 10.0 Å². The van der Waals surface area contributed by atoms with Crippen molar-refractivity contribution in [3.05, 3.63) is 69.1 Å². The average molecular weight is 495 g/mol.